The molecule has 1 atom stereocenters. The first-order valence-electron chi connectivity index (χ1n) is 9.61. The number of nitrogens with one attached hydrogen (secondary N) is 2. The van der Waals surface area contributed by atoms with E-state index in [0.717, 1.165) is 30.8 Å². The molecule has 2 amide bonds. The number of hydrogen-bond acceptors (Lipinski definition) is 4. The average molecular weight is 381 g/mol. The van der Waals surface area contributed by atoms with Crippen LogP contribution < -0.4 is 15.4 Å². The molecular formula is C22H27N3O3. The van der Waals surface area contributed by atoms with E-state index in [1.807, 2.05) is 42.5 Å². The third-order valence-corrected chi connectivity index (χ3v) is 5.00. The summed E-state index contributed by atoms with van der Waals surface area (Å²) in [5.74, 6) is 0.587. The SMILES string of the molecule is COc1ccc(CNC(=O)CC2C(=O)NCCN2CCc2ccccc2)cc1. The summed E-state index contributed by atoms with van der Waals surface area (Å²) in [6.07, 6.45) is 1.02. The van der Waals surface area contributed by atoms with Gasteiger partial charge < -0.3 is 15.4 Å². The number of rotatable bonds is 8. The van der Waals surface area contributed by atoms with Gasteiger partial charge in [0.1, 0.15) is 5.75 Å². The smallest absolute Gasteiger partial charge is 0.237 e. The van der Waals surface area contributed by atoms with Gasteiger partial charge in [0, 0.05) is 26.2 Å². The number of nitrogens with zero attached hydrogens (tertiary/aromatic N) is 1. The lowest BCUT2D eigenvalue weighted by molar-refractivity contribution is -0.133. The van der Waals surface area contributed by atoms with Gasteiger partial charge in [-0.2, -0.15) is 0 Å². The van der Waals surface area contributed by atoms with Crippen LogP contribution in [-0.2, 0) is 22.6 Å². The van der Waals surface area contributed by atoms with Gasteiger partial charge in [0.25, 0.3) is 0 Å². The molecule has 1 aliphatic heterocycles. The number of carbonyl (C=O) groups excluding carboxylic acids is 2. The van der Waals surface area contributed by atoms with Gasteiger partial charge in [0.2, 0.25) is 11.8 Å². The molecule has 0 spiro atoms. The largest absolute Gasteiger partial charge is 0.497 e. The maximum absolute atomic E-state index is 12.4. The van der Waals surface area contributed by atoms with Crippen LogP contribution in [0.2, 0.25) is 0 Å². The lowest BCUT2D eigenvalue weighted by Gasteiger charge is -2.34. The van der Waals surface area contributed by atoms with E-state index in [1.165, 1.54) is 5.56 Å². The van der Waals surface area contributed by atoms with Crippen molar-refractivity contribution in [1.29, 1.82) is 0 Å². The predicted octanol–water partition coefficient (Wildman–Crippen LogP) is 1.74. The van der Waals surface area contributed by atoms with E-state index in [1.54, 1.807) is 7.11 Å². The summed E-state index contributed by atoms with van der Waals surface area (Å²) in [5.41, 5.74) is 2.22. The zero-order chi connectivity index (χ0) is 19.8. The van der Waals surface area contributed by atoms with Gasteiger partial charge in [0.15, 0.2) is 0 Å². The fourth-order valence-corrected chi connectivity index (χ4v) is 3.36. The molecule has 1 heterocycles. The van der Waals surface area contributed by atoms with E-state index in [4.69, 9.17) is 4.74 Å². The predicted molar refractivity (Wildman–Crippen MR) is 108 cm³/mol. The molecule has 0 saturated carbocycles. The molecular weight excluding hydrogens is 354 g/mol. The number of carbonyl (C=O) groups is 2. The second-order valence-electron chi connectivity index (χ2n) is 6.91. The zero-order valence-electron chi connectivity index (χ0n) is 16.2. The molecule has 1 unspecified atom stereocenters. The van der Waals surface area contributed by atoms with Gasteiger partial charge in [-0.25, -0.2) is 0 Å². The van der Waals surface area contributed by atoms with Gasteiger partial charge in [-0.3, -0.25) is 14.5 Å². The average Bonchev–Trinajstić information content (AvgIpc) is 2.74. The Morgan fingerprint density at radius 3 is 2.61 bits per heavy atom. The van der Waals surface area contributed by atoms with Crippen molar-refractivity contribution in [3.63, 3.8) is 0 Å². The van der Waals surface area contributed by atoms with E-state index in [0.29, 0.717) is 13.1 Å². The quantitative estimate of drug-likeness (QED) is 0.731. The van der Waals surface area contributed by atoms with Crippen LogP contribution in [0.15, 0.2) is 54.6 Å². The van der Waals surface area contributed by atoms with E-state index in [9.17, 15) is 9.59 Å². The molecule has 3 rings (SSSR count). The summed E-state index contributed by atoms with van der Waals surface area (Å²) >= 11 is 0. The van der Waals surface area contributed by atoms with Crippen molar-refractivity contribution in [2.45, 2.75) is 25.4 Å². The van der Waals surface area contributed by atoms with Crippen molar-refractivity contribution in [3.8, 4) is 5.75 Å². The minimum Gasteiger partial charge on any atom is -0.497 e. The maximum atomic E-state index is 12.4. The number of methoxy groups -OCH3 is 1. The summed E-state index contributed by atoms with van der Waals surface area (Å²) in [6, 6.07) is 17.3. The van der Waals surface area contributed by atoms with Crippen molar-refractivity contribution in [1.82, 2.24) is 15.5 Å². The molecule has 2 N–H and O–H groups in total. The van der Waals surface area contributed by atoms with Crippen LogP contribution in [0.5, 0.6) is 5.75 Å². The summed E-state index contributed by atoms with van der Waals surface area (Å²) < 4.78 is 5.14. The molecule has 0 aliphatic carbocycles. The van der Waals surface area contributed by atoms with Gasteiger partial charge in [-0.1, -0.05) is 42.5 Å². The highest BCUT2D eigenvalue weighted by molar-refractivity contribution is 5.88. The molecule has 6 heteroatoms. The van der Waals surface area contributed by atoms with Gasteiger partial charge in [0.05, 0.1) is 19.6 Å². The Morgan fingerprint density at radius 2 is 1.89 bits per heavy atom. The molecule has 28 heavy (non-hydrogen) atoms. The number of benzene rings is 2. The third-order valence-electron chi connectivity index (χ3n) is 5.00. The number of ether oxygens (including phenoxy) is 1. The Balaban J connectivity index is 1.52. The standard InChI is InChI=1S/C22H27N3O3/c1-28-19-9-7-18(8-10-19)16-24-21(26)15-20-22(27)23-12-14-25(20)13-11-17-5-3-2-4-6-17/h2-10,20H,11-16H2,1H3,(H,23,27)(H,24,26). The first kappa shape index (κ1) is 19.9. The first-order chi connectivity index (χ1) is 13.7. The Kier molecular flexibility index (Phi) is 7.03. The van der Waals surface area contributed by atoms with Crippen LogP contribution in [0.1, 0.15) is 17.5 Å². The minimum atomic E-state index is -0.423. The van der Waals surface area contributed by atoms with Gasteiger partial charge in [-0.15, -0.1) is 0 Å². The number of piperazine rings is 1. The Morgan fingerprint density at radius 1 is 1.14 bits per heavy atom. The third kappa shape index (κ3) is 5.57. The van der Waals surface area contributed by atoms with Crippen molar-refractivity contribution in [2.75, 3.05) is 26.7 Å². The van der Waals surface area contributed by atoms with E-state index < -0.39 is 6.04 Å². The summed E-state index contributed by atoms with van der Waals surface area (Å²) in [6.45, 7) is 2.57. The molecule has 6 nitrogen and oxygen atoms in total. The van der Waals surface area contributed by atoms with Crippen LogP contribution in [0.25, 0.3) is 0 Å². The van der Waals surface area contributed by atoms with Crippen LogP contribution in [-0.4, -0.2) is 49.5 Å². The lowest BCUT2D eigenvalue weighted by Crippen LogP contribution is -2.56. The van der Waals surface area contributed by atoms with Crippen molar-refractivity contribution in [2.24, 2.45) is 0 Å². The molecule has 0 radical (unpaired) electrons. The van der Waals surface area contributed by atoms with Crippen molar-refractivity contribution >= 4 is 11.8 Å². The molecule has 148 valence electrons. The molecule has 2 aromatic rings. The summed E-state index contributed by atoms with van der Waals surface area (Å²) in [4.78, 5) is 26.9. The van der Waals surface area contributed by atoms with Crippen LogP contribution >= 0.6 is 0 Å². The van der Waals surface area contributed by atoms with Crippen LogP contribution in [0.3, 0.4) is 0 Å². The Bertz CT molecular complexity index is 777. The van der Waals surface area contributed by atoms with E-state index in [-0.39, 0.29) is 18.2 Å². The van der Waals surface area contributed by atoms with Gasteiger partial charge >= 0.3 is 0 Å². The molecule has 1 saturated heterocycles. The lowest BCUT2D eigenvalue weighted by atomic mass is 10.1. The van der Waals surface area contributed by atoms with E-state index in [2.05, 4.69) is 27.7 Å². The Labute approximate surface area is 165 Å². The molecule has 1 aliphatic rings. The van der Waals surface area contributed by atoms with Crippen LogP contribution in [0.4, 0.5) is 0 Å². The number of hydrogen-bond donors (Lipinski definition) is 2. The normalized spacial score (nSPS) is 17.0. The van der Waals surface area contributed by atoms with Crippen molar-refractivity contribution < 1.29 is 14.3 Å². The molecule has 1 fully saturated rings. The topological polar surface area (TPSA) is 70.7 Å². The fraction of sp³-hybridized carbons (Fsp3) is 0.364. The highest BCUT2D eigenvalue weighted by atomic mass is 16.5. The Hall–Kier alpha value is -2.86. The second kappa shape index (κ2) is 9.90. The molecule has 2 aromatic carbocycles. The number of amides is 2. The highest BCUT2D eigenvalue weighted by Crippen LogP contribution is 2.13. The summed E-state index contributed by atoms with van der Waals surface area (Å²) in [5, 5.41) is 5.79. The maximum Gasteiger partial charge on any atom is 0.237 e. The monoisotopic (exact) mass is 381 g/mol. The second-order valence-corrected chi connectivity index (χ2v) is 6.91. The first-order valence-corrected chi connectivity index (χ1v) is 9.61. The van der Waals surface area contributed by atoms with Crippen LogP contribution in [0, 0.1) is 0 Å². The minimum absolute atomic E-state index is 0.0705. The highest BCUT2D eigenvalue weighted by Gasteiger charge is 2.31. The zero-order valence-corrected chi connectivity index (χ0v) is 16.2. The van der Waals surface area contributed by atoms with E-state index >= 15 is 0 Å². The van der Waals surface area contributed by atoms with Crippen molar-refractivity contribution in [3.05, 3.63) is 65.7 Å². The fourth-order valence-electron chi connectivity index (χ4n) is 3.36. The van der Waals surface area contributed by atoms with Gasteiger partial charge in [-0.05, 0) is 29.7 Å². The summed E-state index contributed by atoms with van der Waals surface area (Å²) in [7, 11) is 1.62. The molecule has 0 aromatic heterocycles. The molecule has 0 bridgehead atoms.